The number of benzene rings is 1. The van der Waals surface area contributed by atoms with Crippen LogP contribution >= 0.6 is 15.9 Å². The van der Waals surface area contributed by atoms with Crippen molar-refractivity contribution in [3.8, 4) is 5.88 Å². The summed E-state index contributed by atoms with van der Waals surface area (Å²) in [6.07, 6.45) is -3.27. The van der Waals surface area contributed by atoms with Crippen LogP contribution in [0.2, 0.25) is 0 Å². The number of aromatic nitrogens is 1. The number of rotatable bonds is 4. The van der Waals surface area contributed by atoms with Gasteiger partial charge in [0.15, 0.2) is 0 Å². The van der Waals surface area contributed by atoms with E-state index in [1.54, 1.807) is 6.07 Å². The molecule has 1 atom stereocenters. The van der Waals surface area contributed by atoms with E-state index in [9.17, 15) is 18.0 Å². The summed E-state index contributed by atoms with van der Waals surface area (Å²) in [5, 5.41) is 0. The zero-order chi connectivity index (χ0) is 19.6. The van der Waals surface area contributed by atoms with Crippen LogP contribution in [0.1, 0.15) is 22.3 Å². The second-order valence-corrected chi connectivity index (χ2v) is 6.93. The van der Waals surface area contributed by atoms with Crippen LogP contribution in [0.3, 0.4) is 0 Å². The topological polar surface area (TPSA) is 51.7 Å². The lowest BCUT2D eigenvalue weighted by molar-refractivity contribution is -0.137. The first-order valence-electron chi connectivity index (χ1n) is 8.10. The molecular formula is C18H16BrF3N2O3. The average Bonchev–Trinajstić information content (AvgIpc) is 3.09. The SMILES string of the molecule is COC(=O)c1cc(Br)ccc1N1CC[C@H](Oc2ccc(C(F)(F)F)cn2)C1. The van der Waals surface area contributed by atoms with Crippen molar-refractivity contribution < 1.29 is 27.4 Å². The van der Waals surface area contributed by atoms with Gasteiger partial charge in [0.1, 0.15) is 6.10 Å². The van der Waals surface area contributed by atoms with Crippen molar-refractivity contribution in [2.75, 3.05) is 25.1 Å². The van der Waals surface area contributed by atoms with Crippen LogP contribution in [-0.2, 0) is 10.9 Å². The van der Waals surface area contributed by atoms with Crippen molar-refractivity contribution in [1.82, 2.24) is 4.98 Å². The number of hydrogen-bond donors (Lipinski definition) is 0. The highest BCUT2D eigenvalue weighted by Gasteiger charge is 2.31. The highest BCUT2D eigenvalue weighted by atomic mass is 79.9. The molecule has 0 amide bonds. The van der Waals surface area contributed by atoms with Crippen molar-refractivity contribution in [2.24, 2.45) is 0 Å². The van der Waals surface area contributed by atoms with Crippen molar-refractivity contribution in [3.63, 3.8) is 0 Å². The van der Waals surface area contributed by atoms with E-state index in [1.807, 2.05) is 17.0 Å². The second-order valence-electron chi connectivity index (χ2n) is 6.01. The van der Waals surface area contributed by atoms with Gasteiger partial charge in [0.05, 0.1) is 30.5 Å². The molecule has 0 N–H and O–H groups in total. The first kappa shape index (κ1) is 19.5. The summed E-state index contributed by atoms with van der Waals surface area (Å²) in [7, 11) is 1.32. The highest BCUT2D eigenvalue weighted by molar-refractivity contribution is 9.10. The Morgan fingerprint density at radius 2 is 2.07 bits per heavy atom. The Labute approximate surface area is 162 Å². The number of methoxy groups -OCH3 is 1. The predicted molar refractivity (Wildman–Crippen MR) is 96.0 cm³/mol. The van der Waals surface area contributed by atoms with E-state index in [2.05, 4.69) is 20.9 Å². The van der Waals surface area contributed by atoms with Gasteiger partial charge in [-0.3, -0.25) is 0 Å². The van der Waals surface area contributed by atoms with Crippen LogP contribution < -0.4 is 9.64 Å². The van der Waals surface area contributed by atoms with E-state index in [0.29, 0.717) is 25.1 Å². The van der Waals surface area contributed by atoms with Gasteiger partial charge in [-0.1, -0.05) is 15.9 Å². The van der Waals surface area contributed by atoms with Gasteiger partial charge in [-0.2, -0.15) is 13.2 Å². The minimum atomic E-state index is -4.43. The van der Waals surface area contributed by atoms with Gasteiger partial charge < -0.3 is 14.4 Å². The van der Waals surface area contributed by atoms with E-state index in [4.69, 9.17) is 9.47 Å². The Balaban J connectivity index is 1.70. The number of pyridine rings is 1. The zero-order valence-electron chi connectivity index (χ0n) is 14.3. The van der Waals surface area contributed by atoms with Crippen molar-refractivity contribution in [3.05, 3.63) is 52.1 Å². The molecule has 1 aromatic carbocycles. The minimum Gasteiger partial charge on any atom is -0.472 e. The molecule has 0 bridgehead atoms. The molecule has 3 rings (SSSR count). The van der Waals surface area contributed by atoms with Crippen molar-refractivity contribution >= 4 is 27.6 Å². The molecule has 2 aromatic rings. The van der Waals surface area contributed by atoms with Gasteiger partial charge in [0.2, 0.25) is 5.88 Å². The summed E-state index contributed by atoms with van der Waals surface area (Å²) in [6.45, 7) is 1.12. The predicted octanol–water partition coefficient (Wildman–Crippen LogP) is 4.31. The van der Waals surface area contributed by atoms with E-state index < -0.39 is 17.7 Å². The molecule has 2 heterocycles. The van der Waals surface area contributed by atoms with E-state index in [-0.39, 0.29) is 12.0 Å². The van der Waals surface area contributed by atoms with Crippen LogP contribution in [0.5, 0.6) is 5.88 Å². The zero-order valence-corrected chi connectivity index (χ0v) is 15.9. The number of anilines is 1. The second kappa shape index (κ2) is 7.75. The van der Waals surface area contributed by atoms with Gasteiger partial charge >= 0.3 is 12.1 Å². The average molecular weight is 445 g/mol. The van der Waals surface area contributed by atoms with Crippen molar-refractivity contribution in [1.29, 1.82) is 0 Å². The molecule has 1 aliphatic heterocycles. The molecule has 1 aliphatic rings. The number of halogens is 4. The normalized spacial score (nSPS) is 17.1. The van der Waals surface area contributed by atoms with Gasteiger partial charge in [-0.15, -0.1) is 0 Å². The molecule has 144 valence electrons. The number of carbonyl (C=O) groups excluding carboxylic acids is 1. The molecule has 5 nitrogen and oxygen atoms in total. The maximum absolute atomic E-state index is 12.6. The molecule has 0 saturated carbocycles. The molecule has 0 aliphatic carbocycles. The highest BCUT2D eigenvalue weighted by Crippen LogP contribution is 2.31. The first-order chi connectivity index (χ1) is 12.8. The largest absolute Gasteiger partial charge is 0.472 e. The Hall–Kier alpha value is -2.29. The van der Waals surface area contributed by atoms with E-state index in [0.717, 1.165) is 22.4 Å². The maximum atomic E-state index is 12.6. The summed E-state index contributed by atoms with van der Waals surface area (Å²) in [5.74, 6) is -0.307. The van der Waals surface area contributed by atoms with Crippen LogP contribution in [0, 0.1) is 0 Å². The number of esters is 1. The summed E-state index contributed by atoms with van der Waals surface area (Å²) in [4.78, 5) is 17.7. The van der Waals surface area contributed by atoms with Gasteiger partial charge in [0, 0.05) is 29.7 Å². The van der Waals surface area contributed by atoms with E-state index in [1.165, 1.54) is 13.2 Å². The van der Waals surface area contributed by atoms with Crippen LogP contribution in [-0.4, -0.2) is 37.3 Å². The number of nitrogens with zero attached hydrogens (tertiary/aromatic N) is 2. The third-order valence-corrected chi connectivity index (χ3v) is 4.69. The fraction of sp³-hybridized carbons (Fsp3) is 0.333. The Morgan fingerprint density at radius 1 is 1.30 bits per heavy atom. The fourth-order valence-corrected chi connectivity index (χ4v) is 3.25. The number of alkyl halides is 3. The van der Waals surface area contributed by atoms with Crippen LogP contribution in [0.15, 0.2) is 41.0 Å². The molecule has 0 spiro atoms. The number of hydrogen-bond acceptors (Lipinski definition) is 5. The summed E-state index contributed by atoms with van der Waals surface area (Å²) in [6, 6.07) is 7.49. The lowest BCUT2D eigenvalue weighted by Crippen LogP contribution is -2.26. The van der Waals surface area contributed by atoms with Crippen LogP contribution in [0.25, 0.3) is 0 Å². The van der Waals surface area contributed by atoms with E-state index >= 15 is 0 Å². The number of ether oxygens (including phenoxy) is 2. The maximum Gasteiger partial charge on any atom is 0.417 e. The standard InChI is InChI=1S/C18H16BrF3N2O3/c1-26-17(25)14-8-12(19)3-4-15(14)24-7-6-13(10-24)27-16-5-2-11(9-23-16)18(20,21)22/h2-5,8-9,13H,6-7,10H2,1H3/t13-/m0/s1. The smallest absolute Gasteiger partial charge is 0.417 e. The molecule has 0 radical (unpaired) electrons. The van der Waals surface area contributed by atoms with Crippen molar-refractivity contribution in [2.45, 2.75) is 18.7 Å². The lowest BCUT2D eigenvalue weighted by Gasteiger charge is -2.21. The Kier molecular flexibility index (Phi) is 5.59. The molecule has 0 unspecified atom stereocenters. The van der Waals surface area contributed by atoms with Gasteiger partial charge in [-0.05, 0) is 24.3 Å². The molecule has 1 fully saturated rings. The molecule has 1 saturated heterocycles. The summed E-state index contributed by atoms with van der Waals surface area (Å²) in [5.41, 5.74) is 0.331. The molecule has 27 heavy (non-hydrogen) atoms. The first-order valence-corrected chi connectivity index (χ1v) is 8.90. The monoisotopic (exact) mass is 444 g/mol. The molecular weight excluding hydrogens is 429 g/mol. The minimum absolute atomic E-state index is 0.138. The third-order valence-electron chi connectivity index (χ3n) is 4.20. The van der Waals surface area contributed by atoms with Gasteiger partial charge in [-0.25, -0.2) is 9.78 Å². The lowest BCUT2D eigenvalue weighted by atomic mass is 10.1. The third kappa shape index (κ3) is 4.52. The summed E-state index contributed by atoms with van der Waals surface area (Å²) < 4.78 is 49.1. The Bertz CT molecular complexity index is 828. The fourth-order valence-electron chi connectivity index (χ4n) is 2.89. The summed E-state index contributed by atoms with van der Waals surface area (Å²) >= 11 is 3.34. The quantitative estimate of drug-likeness (QED) is 0.657. The molecule has 9 heteroatoms. The van der Waals surface area contributed by atoms with Gasteiger partial charge in [0.25, 0.3) is 0 Å². The Morgan fingerprint density at radius 3 is 2.70 bits per heavy atom. The number of carbonyl (C=O) groups is 1. The van der Waals surface area contributed by atoms with Crippen LogP contribution in [0.4, 0.5) is 18.9 Å². The molecule has 1 aromatic heterocycles.